The molecule has 2 nitrogen and oxygen atoms in total. The Bertz CT molecular complexity index is 297. The highest BCUT2D eigenvalue weighted by atomic mass is 16.1. The molecular formula is C10H12O2. The number of Topliss-reactive ketones (excluding diaryl/α,β-unsaturated/α-hetero) is 1. The van der Waals surface area contributed by atoms with Gasteiger partial charge in [0.1, 0.15) is 5.78 Å². The molecule has 12 heavy (non-hydrogen) atoms. The monoisotopic (exact) mass is 164 g/mol. The van der Waals surface area contributed by atoms with Gasteiger partial charge in [0.05, 0.1) is 5.41 Å². The maximum absolute atomic E-state index is 11.2. The van der Waals surface area contributed by atoms with Crippen molar-refractivity contribution < 1.29 is 9.59 Å². The molecule has 0 saturated carbocycles. The van der Waals surface area contributed by atoms with Gasteiger partial charge in [-0.25, -0.2) is 0 Å². The summed E-state index contributed by atoms with van der Waals surface area (Å²) in [5.41, 5.74) is 0.0769. The summed E-state index contributed by atoms with van der Waals surface area (Å²) in [6.07, 6.45) is 4.85. The van der Waals surface area contributed by atoms with Gasteiger partial charge in [-0.15, -0.1) is 0 Å². The summed E-state index contributed by atoms with van der Waals surface area (Å²) in [5, 5.41) is 0. The van der Waals surface area contributed by atoms with Gasteiger partial charge in [-0.3, -0.25) is 9.59 Å². The van der Waals surface area contributed by atoms with Crippen molar-refractivity contribution in [3.05, 3.63) is 23.8 Å². The van der Waals surface area contributed by atoms with Crippen LogP contribution in [-0.4, -0.2) is 11.6 Å². The van der Waals surface area contributed by atoms with Gasteiger partial charge in [-0.05, 0) is 32.4 Å². The van der Waals surface area contributed by atoms with Crippen molar-refractivity contribution in [2.24, 2.45) is 5.41 Å². The second-order valence-corrected chi connectivity index (χ2v) is 3.36. The Labute approximate surface area is 72.0 Å². The zero-order valence-electron chi connectivity index (χ0n) is 7.55. The summed E-state index contributed by atoms with van der Waals surface area (Å²) in [5.74, 6) is 0.0549. The normalized spacial score (nSPS) is 28.6. The van der Waals surface area contributed by atoms with Crippen LogP contribution in [-0.2, 0) is 9.59 Å². The third-order valence-electron chi connectivity index (χ3n) is 2.24. The molecule has 0 radical (unpaired) electrons. The van der Waals surface area contributed by atoms with E-state index in [1.165, 1.54) is 13.0 Å². The summed E-state index contributed by atoms with van der Waals surface area (Å²) in [4.78, 5) is 22.2. The molecule has 0 spiro atoms. The van der Waals surface area contributed by atoms with Crippen LogP contribution in [0.1, 0.15) is 20.8 Å². The Kier molecular flexibility index (Phi) is 2.01. The Morgan fingerprint density at radius 2 is 2.08 bits per heavy atom. The number of hydrogen-bond acceptors (Lipinski definition) is 2. The molecule has 2 heteroatoms. The molecule has 1 aliphatic rings. The average Bonchev–Trinajstić information content (AvgIpc) is 1.97. The highest BCUT2D eigenvalue weighted by molar-refractivity contribution is 6.06. The number of ketones is 2. The lowest BCUT2D eigenvalue weighted by atomic mass is 9.80. The highest BCUT2D eigenvalue weighted by Gasteiger charge is 2.27. The molecule has 64 valence electrons. The lowest BCUT2D eigenvalue weighted by molar-refractivity contribution is -0.121. The minimum Gasteiger partial charge on any atom is -0.299 e. The van der Waals surface area contributed by atoms with Crippen LogP contribution in [0, 0.1) is 5.41 Å². The van der Waals surface area contributed by atoms with E-state index < -0.39 is 5.41 Å². The Balaban J connectivity index is 3.07. The SMILES string of the molecule is CC(=O)C1(C)C=CC(=O)C(C)=C1. The molecule has 0 bridgehead atoms. The third kappa shape index (κ3) is 1.37. The standard InChI is InChI=1S/C10H12O2/c1-7-6-10(3,8(2)11)5-4-9(7)12/h4-6H,1-3H3. The molecule has 0 saturated heterocycles. The van der Waals surface area contributed by atoms with E-state index >= 15 is 0 Å². The van der Waals surface area contributed by atoms with E-state index in [9.17, 15) is 9.59 Å². The first-order chi connectivity index (χ1) is 5.46. The molecular weight excluding hydrogens is 152 g/mol. The molecule has 1 rings (SSSR count). The number of hydrogen-bond donors (Lipinski definition) is 0. The molecule has 0 N–H and O–H groups in total. The van der Waals surface area contributed by atoms with E-state index in [0.717, 1.165) is 0 Å². The van der Waals surface area contributed by atoms with Gasteiger partial charge in [-0.1, -0.05) is 12.2 Å². The topological polar surface area (TPSA) is 34.1 Å². The molecule has 0 aromatic rings. The molecule has 0 aliphatic heterocycles. The van der Waals surface area contributed by atoms with Crippen LogP contribution in [0.15, 0.2) is 23.8 Å². The van der Waals surface area contributed by atoms with Gasteiger partial charge in [0, 0.05) is 0 Å². The average molecular weight is 164 g/mol. The molecule has 0 aromatic heterocycles. The molecule has 0 amide bonds. The minimum absolute atomic E-state index is 0.00581. The first kappa shape index (κ1) is 8.91. The zero-order valence-corrected chi connectivity index (χ0v) is 7.55. The number of allylic oxidation sites excluding steroid dienone is 4. The molecule has 0 heterocycles. The Morgan fingerprint density at radius 3 is 2.50 bits per heavy atom. The van der Waals surface area contributed by atoms with Crippen molar-refractivity contribution in [1.29, 1.82) is 0 Å². The maximum Gasteiger partial charge on any atom is 0.180 e. The van der Waals surface area contributed by atoms with E-state index in [1.54, 1.807) is 19.1 Å². The predicted molar refractivity (Wildman–Crippen MR) is 46.7 cm³/mol. The van der Waals surface area contributed by atoms with Gasteiger partial charge in [0.25, 0.3) is 0 Å². The van der Waals surface area contributed by atoms with E-state index in [-0.39, 0.29) is 11.6 Å². The van der Waals surface area contributed by atoms with Crippen LogP contribution in [0.5, 0.6) is 0 Å². The van der Waals surface area contributed by atoms with Crippen molar-refractivity contribution >= 4 is 11.6 Å². The van der Waals surface area contributed by atoms with Crippen LogP contribution in [0.4, 0.5) is 0 Å². The first-order valence-electron chi connectivity index (χ1n) is 3.90. The van der Waals surface area contributed by atoms with Crippen LogP contribution in [0.2, 0.25) is 0 Å². The smallest absolute Gasteiger partial charge is 0.180 e. The maximum atomic E-state index is 11.2. The first-order valence-corrected chi connectivity index (χ1v) is 3.90. The molecule has 0 fully saturated rings. The van der Waals surface area contributed by atoms with Crippen molar-refractivity contribution in [3.8, 4) is 0 Å². The zero-order chi connectivity index (χ0) is 9.35. The second-order valence-electron chi connectivity index (χ2n) is 3.36. The second kappa shape index (κ2) is 2.70. The van der Waals surface area contributed by atoms with Gasteiger partial charge in [-0.2, -0.15) is 0 Å². The van der Waals surface area contributed by atoms with E-state index in [0.29, 0.717) is 5.57 Å². The van der Waals surface area contributed by atoms with Crippen molar-refractivity contribution in [3.63, 3.8) is 0 Å². The van der Waals surface area contributed by atoms with Crippen LogP contribution in [0.3, 0.4) is 0 Å². The Morgan fingerprint density at radius 1 is 1.50 bits per heavy atom. The molecule has 1 aliphatic carbocycles. The van der Waals surface area contributed by atoms with E-state index in [4.69, 9.17) is 0 Å². The van der Waals surface area contributed by atoms with Gasteiger partial charge in [0.2, 0.25) is 0 Å². The lowest BCUT2D eigenvalue weighted by Gasteiger charge is -2.21. The highest BCUT2D eigenvalue weighted by Crippen LogP contribution is 2.27. The van der Waals surface area contributed by atoms with Crippen LogP contribution < -0.4 is 0 Å². The lowest BCUT2D eigenvalue weighted by Crippen LogP contribution is -2.24. The molecule has 1 unspecified atom stereocenters. The predicted octanol–water partition coefficient (Wildman–Crippen LogP) is 1.67. The number of carbonyl (C=O) groups is 2. The Hall–Kier alpha value is -1.18. The fraction of sp³-hybridized carbons (Fsp3) is 0.400. The minimum atomic E-state index is -0.571. The summed E-state index contributed by atoms with van der Waals surface area (Å²) >= 11 is 0. The van der Waals surface area contributed by atoms with E-state index in [2.05, 4.69) is 0 Å². The van der Waals surface area contributed by atoms with Crippen LogP contribution >= 0.6 is 0 Å². The van der Waals surface area contributed by atoms with Crippen molar-refractivity contribution in [1.82, 2.24) is 0 Å². The summed E-state index contributed by atoms with van der Waals surface area (Å²) < 4.78 is 0. The summed E-state index contributed by atoms with van der Waals surface area (Å²) in [6, 6.07) is 0. The van der Waals surface area contributed by atoms with Gasteiger partial charge < -0.3 is 0 Å². The summed E-state index contributed by atoms with van der Waals surface area (Å²) in [6.45, 7) is 5.07. The number of rotatable bonds is 1. The fourth-order valence-electron chi connectivity index (χ4n) is 1.17. The van der Waals surface area contributed by atoms with Crippen molar-refractivity contribution in [2.45, 2.75) is 20.8 Å². The fourth-order valence-corrected chi connectivity index (χ4v) is 1.17. The molecule has 0 aromatic carbocycles. The van der Waals surface area contributed by atoms with Gasteiger partial charge in [0.15, 0.2) is 5.78 Å². The third-order valence-corrected chi connectivity index (χ3v) is 2.24. The largest absolute Gasteiger partial charge is 0.299 e. The van der Waals surface area contributed by atoms with E-state index in [1.807, 2.05) is 6.92 Å². The summed E-state index contributed by atoms with van der Waals surface area (Å²) in [7, 11) is 0. The van der Waals surface area contributed by atoms with Crippen molar-refractivity contribution in [2.75, 3.05) is 0 Å². The van der Waals surface area contributed by atoms with Gasteiger partial charge >= 0.3 is 0 Å². The molecule has 1 atom stereocenters. The quantitative estimate of drug-likeness (QED) is 0.590. The van der Waals surface area contributed by atoms with Crippen LogP contribution in [0.25, 0.3) is 0 Å². The number of carbonyl (C=O) groups excluding carboxylic acids is 2.